The third kappa shape index (κ3) is 6.51. The molecule has 1 aliphatic heterocycles. The third-order valence-electron chi connectivity index (χ3n) is 3.81. The number of carbonyl (C=O) groups excluding carboxylic acids is 1. The summed E-state index contributed by atoms with van der Waals surface area (Å²) in [4.78, 5) is 10.9. The minimum absolute atomic E-state index is 0.255. The molecular weight excluding hydrogens is 377 g/mol. The molecule has 28 heavy (non-hydrogen) atoms. The number of aromatic nitrogens is 3. The number of phenols is 1. The summed E-state index contributed by atoms with van der Waals surface area (Å²) in [7, 11) is 2.35. The first-order valence-corrected chi connectivity index (χ1v) is 10.2. The van der Waals surface area contributed by atoms with E-state index in [4.69, 9.17) is 5.11 Å². The van der Waals surface area contributed by atoms with Crippen molar-refractivity contribution in [3.8, 4) is 5.75 Å². The predicted octanol–water partition coefficient (Wildman–Crippen LogP) is 1.78. The van der Waals surface area contributed by atoms with Crippen molar-refractivity contribution in [1.29, 1.82) is 0 Å². The van der Waals surface area contributed by atoms with E-state index in [2.05, 4.69) is 37.8 Å². The first kappa shape index (κ1) is 21.7. The van der Waals surface area contributed by atoms with Gasteiger partial charge >= 0.3 is 0 Å². The van der Waals surface area contributed by atoms with Crippen LogP contribution in [0.25, 0.3) is 0 Å². The monoisotopic (exact) mass is 403 g/mol. The number of aromatic hydroxyl groups is 1. The van der Waals surface area contributed by atoms with E-state index in [-0.39, 0.29) is 5.75 Å². The van der Waals surface area contributed by atoms with Crippen molar-refractivity contribution >= 4 is 27.1 Å². The molecule has 150 valence electrons. The first-order valence-electron chi connectivity index (χ1n) is 9.08. The molecule has 0 fully saturated rings. The van der Waals surface area contributed by atoms with E-state index in [0.29, 0.717) is 21.0 Å². The van der Waals surface area contributed by atoms with Crippen LogP contribution in [-0.2, 0) is 6.54 Å². The van der Waals surface area contributed by atoms with Crippen LogP contribution >= 0.6 is 8.73 Å². The third-order valence-corrected chi connectivity index (χ3v) is 4.70. The standard InChI is InChI=1S/C10H16N5OP.C8H10N2O/c1-2-3-4-11-5-9-8(6-16)12-14-15(9)10-7-17-13-10;1-9-10-6-7-3-2-4-8(11)5-7/h6,11,17H,2-5,7H2,1H3;2-6,9,11H,1H3/b;10-6+. The van der Waals surface area contributed by atoms with Gasteiger partial charge in [-0.15, -0.1) is 5.10 Å². The van der Waals surface area contributed by atoms with Crippen LogP contribution in [0.4, 0.5) is 0 Å². The second kappa shape index (κ2) is 11.9. The Bertz CT molecular complexity index is 820. The van der Waals surface area contributed by atoms with Crippen molar-refractivity contribution in [2.24, 2.45) is 9.86 Å². The number of phenolic OH excluding ortho intramolecular Hbond substituents is 1. The maximum absolute atomic E-state index is 10.9. The number of nitrogens with one attached hydrogen (secondary N) is 2. The molecule has 1 atom stereocenters. The van der Waals surface area contributed by atoms with Gasteiger partial charge in [-0.1, -0.05) is 30.7 Å². The minimum Gasteiger partial charge on any atom is -0.508 e. The molecular formula is C18H26N7O2P. The molecule has 1 aliphatic rings. The van der Waals surface area contributed by atoms with Crippen LogP contribution in [0.15, 0.2) is 34.1 Å². The van der Waals surface area contributed by atoms with Gasteiger partial charge in [0.05, 0.1) is 11.9 Å². The fourth-order valence-corrected chi connectivity index (χ4v) is 2.85. The van der Waals surface area contributed by atoms with Crippen molar-refractivity contribution in [2.45, 2.75) is 26.3 Å². The normalized spacial score (nSPS) is 13.6. The van der Waals surface area contributed by atoms with Crippen molar-refractivity contribution in [3.05, 3.63) is 41.2 Å². The van der Waals surface area contributed by atoms with Gasteiger partial charge in [0.15, 0.2) is 12.0 Å². The SMILES string of the molecule is CCCCNCc1c(C=O)nnn1C1=NPC1.CN/N=C/c1cccc(O)c1. The van der Waals surface area contributed by atoms with Crippen LogP contribution in [0.3, 0.4) is 0 Å². The summed E-state index contributed by atoms with van der Waals surface area (Å²) >= 11 is 0. The maximum atomic E-state index is 10.9. The molecule has 1 unspecified atom stereocenters. The second-order valence-corrected chi connectivity index (χ2v) is 6.81. The quantitative estimate of drug-likeness (QED) is 0.203. The number of carbonyl (C=O) groups is 1. The van der Waals surface area contributed by atoms with Crippen LogP contribution in [0.2, 0.25) is 0 Å². The number of unbranched alkanes of at least 4 members (excludes halogenated alkanes) is 1. The van der Waals surface area contributed by atoms with Gasteiger partial charge in [-0.3, -0.25) is 4.79 Å². The molecule has 0 bridgehead atoms. The minimum atomic E-state index is 0.255. The Morgan fingerprint density at radius 3 is 2.86 bits per heavy atom. The first-order chi connectivity index (χ1) is 13.7. The zero-order valence-corrected chi connectivity index (χ0v) is 17.1. The maximum Gasteiger partial charge on any atom is 0.172 e. The molecule has 0 radical (unpaired) electrons. The van der Waals surface area contributed by atoms with E-state index in [1.165, 1.54) is 0 Å². The smallest absolute Gasteiger partial charge is 0.172 e. The number of nitrogens with zero attached hydrogens (tertiary/aromatic N) is 5. The lowest BCUT2D eigenvalue weighted by atomic mass is 10.2. The zero-order chi connectivity index (χ0) is 20.2. The number of aldehydes is 1. The van der Waals surface area contributed by atoms with Crippen molar-refractivity contribution in [1.82, 2.24) is 25.7 Å². The lowest BCUT2D eigenvalue weighted by molar-refractivity contribution is 0.111. The Kier molecular flexibility index (Phi) is 9.24. The molecule has 0 amide bonds. The number of rotatable bonds is 8. The van der Waals surface area contributed by atoms with Crippen molar-refractivity contribution in [2.75, 3.05) is 19.8 Å². The second-order valence-electron chi connectivity index (χ2n) is 5.92. The largest absolute Gasteiger partial charge is 0.508 e. The number of hydrogen-bond donors (Lipinski definition) is 3. The molecule has 1 aromatic heterocycles. The van der Waals surface area contributed by atoms with E-state index in [1.807, 2.05) is 6.07 Å². The van der Waals surface area contributed by atoms with Crippen LogP contribution in [-0.4, -0.2) is 58.2 Å². The Balaban J connectivity index is 0.000000221. The topological polar surface area (TPSA) is 117 Å². The summed E-state index contributed by atoms with van der Waals surface area (Å²) in [6.07, 6.45) is 5.60. The van der Waals surface area contributed by atoms with E-state index >= 15 is 0 Å². The van der Waals surface area contributed by atoms with E-state index in [9.17, 15) is 4.79 Å². The summed E-state index contributed by atoms with van der Waals surface area (Å²) in [6.45, 7) is 3.70. The Hall–Kier alpha value is -2.64. The van der Waals surface area contributed by atoms with Crippen LogP contribution in [0.1, 0.15) is 41.5 Å². The number of hydrazone groups is 1. The summed E-state index contributed by atoms with van der Waals surface area (Å²) in [5.74, 6) is 1.17. The van der Waals surface area contributed by atoms with Gasteiger partial charge in [0.25, 0.3) is 0 Å². The van der Waals surface area contributed by atoms with E-state index in [1.54, 1.807) is 36.1 Å². The molecule has 2 heterocycles. The average molecular weight is 403 g/mol. The molecule has 9 nitrogen and oxygen atoms in total. The highest BCUT2D eigenvalue weighted by Crippen LogP contribution is 2.24. The summed E-state index contributed by atoms with van der Waals surface area (Å²) in [5.41, 5.74) is 4.73. The molecule has 10 heteroatoms. The molecule has 0 saturated carbocycles. The van der Waals surface area contributed by atoms with Gasteiger partial charge in [-0.25, -0.2) is 9.44 Å². The Morgan fingerprint density at radius 1 is 1.43 bits per heavy atom. The Labute approximate surface area is 166 Å². The molecule has 3 N–H and O–H groups in total. The van der Waals surface area contributed by atoms with Gasteiger partial charge in [-0.05, 0) is 30.7 Å². The summed E-state index contributed by atoms with van der Waals surface area (Å²) in [6, 6.07) is 6.89. The summed E-state index contributed by atoms with van der Waals surface area (Å²) in [5, 5.41) is 24.0. The lowest BCUT2D eigenvalue weighted by Gasteiger charge is -2.14. The molecule has 1 aromatic carbocycles. The predicted molar refractivity (Wildman–Crippen MR) is 113 cm³/mol. The molecule has 3 rings (SSSR count). The van der Waals surface area contributed by atoms with Crippen molar-refractivity contribution < 1.29 is 9.90 Å². The van der Waals surface area contributed by atoms with Crippen LogP contribution in [0.5, 0.6) is 5.75 Å². The Morgan fingerprint density at radius 2 is 2.25 bits per heavy atom. The van der Waals surface area contributed by atoms with E-state index in [0.717, 1.165) is 48.9 Å². The number of benzene rings is 1. The summed E-state index contributed by atoms with van der Waals surface area (Å²) < 4.78 is 5.95. The van der Waals surface area contributed by atoms with Gasteiger partial charge in [0, 0.05) is 28.5 Å². The number of hydrogen-bond acceptors (Lipinski definition) is 8. The lowest BCUT2D eigenvalue weighted by Crippen LogP contribution is -2.26. The fourth-order valence-electron chi connectivity index (χ4n) is 2.30. The molecule has 0 aliphatic carbocycles. The van der Waals surface area contributed by atoms with Crippen LogP contribution in [0, 0.1) is 0 Å². The highest BCUT2D eigenvalue weighted by Gasteiger charge is 2.19. The average Bonchev–Trinajstić information content (AvgIpc) is 3.05. The molecule has 2 aromatic rings. The van der Waals surface area contributed by atoms with Gasteiger partial charge in [0.1, 0.15) is 11.6 Å². The highest BCUT2D eigenvalue weighted by atomic mass is 31.1. The van der Waals surface area contributed by atoms with Gasteiger partial charge < -0.3 is 15.8 Å². The zero-order valence-electron chi connectivity index (χ0n) is 16.1. The van der Waals surface area contributed by atoms with Crippen LogP contribution < -0.4 is 10.7 Å². The highest BCUT2D eigenvalue weighted by molar-refractivity contribution is 7.40. The van der Waals surface area contributed by atoms with Crippen molar-refractivity contribution in [3.63, 3.8) is 0 Å². The van der Waals surface area contributed by atoms with E-state index < -0.39 is 0 Å². The van der Waals surface area contributed by atoms with Gasteiger partial charge in [0.2, 0.25) is 0 Å². The fraction of sp³-hybridized carbons (Fsp3) is 0.389. The van der Waals surface area contributed by atoms with Gasteiger partial charge in [-0.2, -0.15) is 5.10 Å². The molecule has 0 spiro atoms. The molecule has 0 saturated heterocycles.